The summed E-state index contributed by atoms with van der Waals surface area (Å²) in [6, 6.07) is 6.22. The standard InChI is InChI=1S/C21H32N4O4/c1-23(14-20(26)22-17-4-5-17)15-21(27)25-10-8-24(9-11-25)13-16-12-18(28-2)6-7-19(16)29-3/h6-7,12,17H,4-5,8-11,13-15H2,1-3H3,(H,22,26)/p+2. The van der Waals surface area contributed by atoms with Gasteiger partial charge in [0.05, 0.1) is 53.0 Å². The Morgan fingerprint density at radius 2 is 1.90 bits per heavy atom. The van der Waals surface area contributed by atoms with Gasteiger partial charge in [-0.15, -0.1) is 0 Å². The van der Waals surface area contributed by atoms with E-state index >= 15 is 0 Å². The van der Waals surface area contributed by atoms with Crippen LogP contribution >= 0.6 is 0 Å². The molecule has 3 N–H and O–H groups in total. The monoisotopic (exact) mass is 406 g/mol. The normalized spacial score (nSPS) is 18.2. The summed E-state index contributed by atoms with van der Waals surface area (Å²) >= 11 is 0. The van der Waals surface area contributed by atoms with E-state index < -0.39 is 0 Å². The second kappa shape index (κ2) is 9.93. The number of hydrogen-bond donors (Lipinski definition) is 3. The van der Waals surface area contributed by atoms with Gasteiger partial charge < -0.3 is 29.5 Å². The molecule has 1 aromatic carbocycles. The average molecular weight is 407 g/mol. The summed E-state index contributed by atoms with van der Waals surface area (Å²) in [5.41, 5.74) is 1.12. The molecule has 0 radical (unpaired) electrons. The minimum absolute atomic E-state index is 0.0410. The average Bonchev–Trinajstić information content (AvgIpc) is 3.52. The van der Waals surface area contributed by atoms with E-state index in [1.165, 1.54) is 4.90 Å². The molecule has 2 amide bonds. The van der Waals surface area contributed by atoms with Crippen molar-refractivity contribution in [2.45, 2.75) is 25.4 Å². The summed E-state index contributed by atoms with van der Waals surface area (Å²) in [4.78, 5) is 28.8. The number of carbonyl (C=O) groups excluding carboxylic acids is 2. The Labute approximate surface area is 172 Å². The quantitative estimate of drug-likeness (QED) is 0.432. The van der Waals surface area contributed by atoms with Gasteiger partial charge in [0.1, 0.15) is 18.0 Å². The topological polar surface area (TPSA) is 76.8 Å². The largest absolute Gasteiger partial charge is 0.497 e. The lowest BCUT2D eigenvalue weighted by atomic mass is 10.1. The number of ether oxygens (including phenoxy) is 2. The Morgan fingerprint density at radius 1 is 1.17 bits per heavy atom. The number of rotatable bonds is 9. The third-order valence-corrected chi connectivity index (χ3v) is 5.61. The zero-order chi connectivity index (χ0) is 20.8. The lowest BCUT2D eigenvalue weighted by molar-refractivity contribution is -0.917. The molecule has 8 nitrogen and oxygen atoms in total. The van der Waals surface area contributed by atoms with E-state index in [1.54, 1.807) is 14.2 Å². The van der Waals surface area contributed by atoms with Crippen LogP contribution in [0.3, 0.4) is 0 Å². The number of nitrogens with zero attached hydrogens (tertiary/aromatic N) is 1. The first-order valence-electron chi connectivity index (χ1n) is 10.4. The van der Waals surface area contributed by atoms with E-state index in [0.29, 0.717) is 19.1 Å². The second-order valence-electron chi connectivity index (χ2n) is 8.14. The first-order valence-corrected chi connectivity index (χ1v) is 10.4. The van der Waals surface area contributed by atoms with Crippen molar-refractivity contribution in [2.75, 3.05) is 60.5 Å². The molecule has 1 saturated heterocycles. The molecule has 1 aromatic rings. The SMILES string of the molecule is COc1ccc(OC)c(C[NH+]2CCN(C(=O)C[NH+](C)CC(=O)NC3CC3)CC2)c1. The van der Waals surface area contributed by atoms with Crippen molar-refractivity contribution in [3.8, 4) is 11.5 Å². The van der Waals surface area contributed by atoms with Gasteiger partial charge in [-0.1, -0.05) is 0 Å². The molecule has 2 fully saturated rings. The molecule has 1 unspecified atom stereocenters. The maximum absolute atomic E-state index is 12.6. The van der Waals surface area contributed by atoms with E-state index in [1.807, 2.05) is 30.1 Å². The van der Waals surface area contributed by atoms with E-state index in [2.05, 4.69) is 5.32 Å². The van der Waals surface area contributed by atoms with Crippen LogP contribution in [0.15, 0.2) is 18.2 Å². The predicted octanol–water partition coefficient (Wildman–Crippen LogP) is -2.28. The molecular formula is C21H34N4O4+2. The molecule has 8 heteroatoms. The Kier molecular flexibility index (Phi) is 7.33. The van der Waals surface area contributed by atoms with Crippen molar-refractivity contribution in [3.05, 3.63) is 23.8 Å². The van der Waals surface area contributed by atoms with Crippen LogP contribution < -0.4 is 24.6 Å². The van der Waals surface area contributed by atoms with Crippen molar-refractivity contribution in [3.63, 3.8) is 0 Å². The molecule has 3 rings (SSSR count). The van der Waals surface area contributed by atoms with Crippen molar-refractivity contribution in [1.82, 2.24) is 10.2 Å². The van der Waals surface area contributed by atoms with Crippen molar-refractivity contribution < 1.29 is 28.9 Å². The van der Waals surface area contributed by atoms with Crippen LogP contribution in [0.4, 0.5) is 0 Å². The highest BCUT2D eigenvalue weighted by atomic mass is 16.5. The highest BCUT2D eigenvalue weighted by molar-refractivity contribution is 5.79. The summed E-state index contributed by atoms with van der Waals surface area (Å²) in [6.07, 6.45) is 2.16. The lowest BCUT2D eigenvalue weighted by Gasteiger charge is -2.32. The van der Waals surface area contributed by atoms with Gasteiger partial charge in [0, 0.05) is 6.04 Å². The van der Waals surface area contributed by atoms with Gasteiger partial charge in [0.15, 0.2) is 13.1 Å². The summed E-state index contributed by atoms with van der Waals surface area (Å²) < 4.78 is 10.8. The van der Waals surface area contributed by atoms with Crippen LogP contribution in [0, 0.1) is 0 Å². The van der Waals surface area contributed by atoms with Crippen LogP contribution in [-0.4, -0.2) is 83.3 Å². The number of likely N-dealkylation sites (N-methyl/N-ethyl adjacent to an activating group) is 1. The number of nitrogens with one attached hydrogen (secondary N) is 3. The number of carbonyl (C=O) groups is 2. The first-order chi connectivity index (χ1) is 14.0. The fourth-order valence-electron chi connectivity index (χ4n) is 3.75. The number of benzene rings is 1. The Morgan fingerprint density at radius 3 is 2.52 bits per heavy atom. The summed E-state index contributed by atoms with van der Waals surface area (Å²) in [7, 11) is 5.25. The summed E-state index contributed by atoms with van der Waals surface area (Å²) in [6.45, 7) is 4.82. The molecule has 0 spiro atoms. The van der Waals surface area contributed by atoms with Gasteiger partial charge in [-0.3, -0.25) is 9.59 Å². The van der Waals surface area contributed by atoms with E-state index in [9.17, 15) is 9.59 Å². The third kappa shape index (κ3) is 6.33. The number of amides is 2. The molecule has 1 heterocycles. The Hall–Kier alpha value is -2.32. The zero-order valence-electron chi connectivity index (χ0n) is 17.8. The molecule has 2 aliphatic rings. The minimum atomic E-state index is 0.0410. The number of piperazine rings is 1. The molecule has 0 aromatic heterocycles. The van der Waals surface area contributed by atoms with Crippen LogP contribution in [0.25, 0.3) is 0 Å². The Balaban J connectivity index is 1.43. The van der Waals surface area contributed by atoms with Gasteiger partial charge >= 0.3 is 0 Å². The highest BCUT2D eigenvalue weighted by Gasteiger charge is 2.28. The number of hydrogen-bond acceptors (Lipinski definition) is 4. The maximum Gasteiger partial charge on any atom is 0.278 e. The van der Waals surface area contributed by atoms with E-state index in [4.69, 9.17) is 9.47 Å². The molecule has 1 aliphatic heterocycles. The van der Waals surface area contributed by atoms with Crippen molar-refractivity contribution in [1.29, 1.82) is 0 Å². The number of quaternary nitrogens is 2. The van der Waals surface area contributed by atoms with Crippen LogP contribution in [0.1, 0.15) is 18.4 Å². The molecule has 1 atom stereocenters. The molecular weight excluding hydrogens is 372 g/mol. The maximum atomic E-state index is 12.6. The number of methoxy groups -OCH3 is 2. The molecule has 1 aliphatic carbocycles. The Bertz CT molecular complexity index is 715. The summed E-state index contributed by atoms with van der Waals surface area (Å²) in [5.74, 6) is 1.86. The van der Waals surface area contributed by atoms with Crippen molar-refractivity contribution in [2.24, 2.45) is 0 Å². The fraction of sp³-hybridized carbons (Fsp3) is 0.619. The highest BCUT2D eigenvalue weighted by Crippen LogP contribution is 2.23. The van der Waals surface area contributed by atoms with E-state index in [0.717, 1.165) is 67.5 Å². The first kappa shape index (κ1) is 21.4. The fourth-order valence-corrected chi connectivity index (χ4v) is 3.75. The second-order valence-corrected chi connectivity index (χ2v) is 8.14. The molecule has 29 heavy (non-hydrogen) atoms. The summed E-state index contributed by atoms with van der Waals surface area (Å²) in [5, 5.41) is 2.98. The van der Waals surface area contributed by atoms with Gasteiger partial charge in [-0.2, -0.15) is 0 Å². The molecule has 0 bridgehead atoms. The van der Waals surface area contributed by atoms with E-state index in [-0.39, 0.29) is 11.8 Å². The lowest BCUT2D eigenvalue weighted by Crippen LogP contribution is -3.14. The van der Waals surface area contributed by atoms with Crippen LogP contribution in [0.2, 0.25) is 0 Å². The van der Waals surface area contributed by atoms with Crippen molar-refractivity contribution >= 4 is 11.8 Å². The van der Waals surface area contributed by atoms with Crippen LogP contribution in [-0.2, 0) is 16.1 Å². The smallest absolute Gasteiger partial charge is 0.278 e. The molecule has 1 saturated carbocycles. The zero-order valence-corrected chi connectivity index (χ0v) is 17.8. The molecule has 160 valence electrons. The van der Waals surface area contributed by atoms with Gasteiger partial charge in [0.25, 0.3) is 11.8 Å². The minimum Gasteiger partial charge on any atom is -0.497 e. The van der Waals surface area contributed by atoms with Gasteiger partial charge in [0.2, 0.25) is 0 Å². The third-order valence-electron chi connectivity index (χ3n) is 5.61. The van der Waals surface area contributed by atoms with Gasteiger partial charge in [-0.05, 0) is 31.0 Å². The van der Waals surface area contributed by atoms with Crippen LogP contribution in [0.5, 0.6) is 11.5 Å². The predicted molar refractivity (Wildman–Crippen MR) is 108 cm³/mol. The van der Waals surface area contributed by atoms with Gasteiger partial charge in [-0.25, -0.2) is 0 Å².